The molecule has 2 aromatic carbocycles. The van der Waals surface area contributed by atoms with E-state index in [1.54, 1.807) is 0 Å². The van der Waals surface area contributed by atoms with E-state index in [4.69, 9.17) is 0 Å². The fraction of sp³-hybridized carbons (Fsp3) is 0.375. The summed E-state index contributed by atoms with van der Waals surface area (Å²) in [6.45, 7) is 8.26. The molecule has 28 heavy (non-hydrogen) atoms. The van der Waals surface area contributed by atoms with Crippen molar-refractivity contribution in [3.63, 3.8) is 0 Å². The van der Waals surface area contributed by atoms with Gasteiger partial charge in [0, 0.05) is 23.9 Å². The van der Waals surface area contributed by atoms with Crippen molar-refractivity contribution in [1.29, 1.82) is 0 Å². The summed E-state index contributed by atoms with van der Waals surface area (Å²) in [5, 5.41) is 3.53. The average molecular weight is 375 g/mol. The number of hydrogen-bond acceptors (Lipinski definition) is 1. The second kappa shape index (κ2) is 6.21. The van der Waals surface area contributed by atoms with Gasteiger partial charge in [-0.25, -0.2) is 0 Å². The molecule has 0 aliphatic carbocycles. The Labute approximate surface area is 165 Å². The third kappa shape index (κ3) is 2.31. The summed E-state index contributed by atoms with van der Waals surface area (Å²) < 4.78 is 0. The van der Waals surface area contributed by atoms with Crippen molar-refractivity contribution in [2.24, 2.45) is 5.92 Å². The molecule has 3 aromatic rings. The van der Waals surface area contributed by atoms with E-state index < -0.39 is 5.54 Å². The van der Waals surface area contributed by atoms with E-state index in [0.717, 1.165) is 48.4 Å². The first-order valence-electron chi connectivity index (χ1n) is 10.4. The van der Waals surface area contributed by atoms with Crippen LogP contribution in [-0.4, -0.2) is 24.0 Å². The minimum absolute atomic E-state index is 0.207. The molecule has 1 spiro atoms. The van der Waals surface area contributed by atoms with Crippen LogP contribution in [0.4, 0.5) is 5.69 Å². The Morgan fingerprint density at radius 1 is 1.21 bits per heavy atom. The largest absolute Gasteiger partial charge is 0.352 e. The summed E-state index contributed by atoms with van der Waals surface area (Å²) in [6.07, 6.45) is 2.00. The first-order chi connectivity index (χ1) is 13.5. The zero-order valence-corrected chi connectivity index (χ0v) is 16.9. The number of carbonyl (C=O) groups is 1. The van der Waals surface area contributed by atoms with E-state index >= 15 is 0 Å². The number of fused-ring (bicyclic) bond motifs is 6. The zero-order valence-electron chi connectivity index (χ0n) is 16.9. The summed E-state index contributed by atoms with van der Waals surface area (Å²) >= 11 is 0. The quantitative estimate of drug-likeness (QED) is 0.727. The Kier molecular flexibility index (Phi) is 3.88. The van der Waals surface area contributed by atoms with Crippen LogP contribution in [0.15, 0.2) is 42.5 Å². The number of quaternary nitrogens is 1. The topological polar surface area (TPSA) is 52.7 Å². The lowest BCUT2D eigenvalue weighted by Gasteiger charge is -2.30. The first kappa shape index (κ1) is 17.5. The number of aromatic amines is 1. The van der Waals surface area contributed by atoms with Crippen molar-refractivity contribution in [3.05, 3.63) is 64.8 Å². The van der Waals surface area contributed by atoms with Gasteiger partial charge in [-0.15, -0.1) is 0 Å². The molecular weight excluding hydrogens is 346 g/mol. The first-order valence-corrected chi connectivity index (χ1v) is 10.4. The summed E-state index contributed by atoms with van der Waals surface area (Å²) in [7, 11) is 0. The molecule has 0 saturated carbocycles. The molecule has 1 amide bonds. The van der Waals surface area contributed by atoms with Gasteiger partial charge < -0.3 is 15.2 Å². The van der Waals surface area contributed by atoms with Gasteiger partial charge in [0.05, 0.1) is 23.5 Å². The van der Waals surface area contributed by atoms with E-state index in [1.165, 1.54) is 16.5 Å². The monoisotopic (exact) mass is 374 g/mol. The van der Waals surface area contributed by atoms with Crippen molar-refractivity contribution >= 4 is 22.5 Å². The second-order valence-electron chi connectivity index (χ2n) is 8.73. The number of nitrogens with one attached hydrogen (secondary N) is 1. The number of nitrogens with zero attached hydrogens (tertiary/aromatic N) is 1. The number of aryl methyl sites for hydroxylation is 1. The highest BCUT2D eigenvalue weighted by molar-refractivity contribution is 6.09. The fourth-order valence-electron chi connectivity index (χ4n) is 5.02. The lowest BCUT2D eigenvalue weighted by molar-refractivity contribution is -0.714. The Morgan fingerprint density at radius 2 is 2.04 bits per heavy atom. The van der Waals surface area contributed by atoms with Crippen LogP contribution in [0.1, 0.15) is 42.7 Å². The standard InChI is InChI=1S/C24H27N3O/c1-15(2)11-13-27-21-7-5-4-6-19(21)24(23(27)28)22-17(10-12-25-24)18-14-16(3)8-9-20(18)26-22/h4-9,14-15,25-26H,10-13H2,1-3H3/p+1/t24-/m1/s1. The highest BCUT2D eigenvalue weighted by Crippen LogP contribution is 2.45. The number of rotatable bonds is 3. The Bertz CT molecular complexity index is 1080. The number of benzene rings is 2. The van der Waals surface area contributed by atoms with Crippen LogP contribution in [-0.2, 0) is 16.8 Å². The second-order valence-corrected chi connectivity index (χ2v) is 8.73. The molecule has 0 saturated heterocycles. The minimum atomic E-state index is -0.673. The molecule has 1 aromatic heterocycles. The van der Waals surface area contributed by atoms with Crippen molar-refractivity contribution in [1.82, 2.24) is 4.98 Å². The van der Waals surface area contributed by atoms with Crippen molar-refractivity contribution in [2.75, 3.05) is 18.0 Å². The normalized spacial score (nSPS) is 21.0. The van der Waals surface area contributed by atoms with Gasteiger partial charge in [0.2, 0.25) is 5.54 Å². The van der Waals surface area contributed by atoms with E-state index in [-0.39, 0.29) is 5.91 Å². The molecular formula is C24H28N3O+. The van der Waals surface area contributed by atoms with E-state index in [0.29, 0.717) is 5.92 Å². The maximum atomic E-state index is 13.9. The van der Waals surface area contributed by atoms with Gasteiger partial charge in [0.1, 0.15) is 0 Å². The summed E-state index contributed by atoms with van der Waals surface area (Å²) in [6, 6.07) is 14.9. The third-order valence-corrected chi connectivity index (χ3v) is 6.43. The molecule has 2 aliphatic rings. The van der Waals surface area contributed by atoms with Crippen molar-refractivity contribution < 1.29 is 10.1 Å². The Balaban J connectivity index is 1.73. The predicted molar refractivity (Wildman–Crippen MR) is 113 cm³/mol. The van der Waals surface area contributed by atoms with Gasteiger partial charge in [0.15, 0.2) is 0 Å². The van der Waals surface area contributed by atoms with E-state index in [1.807, 2.05) is 11.0 Å². The van der Waals surface area contributed by atoms with Crippen molar-refractivity contribution in [3.8, 4) is 0 Å². The van der Waals surface area contributed by atoms with Crippen LogP contribution in [0.2, 0.25) is 0 Å². The van der Waals surface area contributed by atoms with Crippen LogP contribution in [0.5, 0.6) is 0 Å². The maximum Gasteiger partial charge on any atom is 0.299 e. The van der Waals surface area contributed by atoms with Crippen molar-refractivity contribution in [2.45, 2.75) is 39.2 Å². The molecule has 3 N–H and O–H groups in total. The van der Waals surface area contributed by atoms with Crippen LogP contribution < -0.4 is 10.2 Å². The molecule has 0 radical (unpaired) electrons. The lowest BCUT2D eigenvalue weighted by Crippen LogP contribution is -2.99. The van der Waals surface area contributed by atoms with E-state index in [2.05, 4.69) is 67.5 Å². The molecule has 0 unspecified atom stereocenters. The van der Waals surface area contributed by atoms with Crippen LogP contribution >= 0.6 is 0 Å². The number of carbonyl (C=O) groups excluding carboxylic acids is 1. The molecule has 144 valence electrons. The molecule has 4 nitrogen and oxygen atoms in total. The smallest absolute Gasteiger partial charge is 0.299 e. The summed E-state index contributed by atoms with van der Waals surface area (Å²) in [5.41, 5.74) is 6.33. The molecule has 4 heteroatoms. The van der Waals surface area contributed by atoms with Crippen LogP contribution in [0.25, 0.3) is 10.9 Å². The minimum Gasteiger partial charge on any atom is -0.352 e. The van der Waals surface area contributed by atoms with Crippen LogP contribution in [0.3, 0.4) is 0 Å². The van der Waals surface area contributed by atoms with Crippen LogP contribution in [0, 0.1) is 12.8 Å². The number of H-pyrrole nitrogens is 1. The molecule has 3 heterocycles. The average Bonchev–Trinajstić information content (AvgIpc) is 3.16. The Morgan fingerprint density at radius 3 is 2.86 bits per heavy atom. The number of hydrogen-bond donors (Lipinski definition) is 2. The fourth-order valence-corrected chi connectivity index (χ4v) is 5.02. The molecule has 0 fully saturated rings. The van der Waals surface area contributed by atoms with Gasteiger partial charge >= 0.3 is 0 Å². The zero-order chi connectivity index (χ0) is 19.5. The number of aromatic nitrogens is 1. The van der Waals surface area contributed by atoms with Gasteiger partial charge in [-0.3, -0.25) is 4.79 Å². The van der Waals surface area contributed by atoms with Gasteiger partial charge in [0.25, 0.3) is 5.91 Å². The lowest BCUT2D eigenvalue weighted by atomic mass is 9.82. The number of para-hydroxylation sites is 1. The number of anilines is 1. The van der Waals surface area contributed by atoms with Gasteiger partial charge in [-0.1, -0.05) is 37.6 Å². The third-order valence-electron chi connectivity index (χ3n) is 6.43. The summed E-state index contributed by atoms with van der Waals surface area (Å²) in [4.78, 5) is 19.6. The van der Waals surface area contributed by atoms with E-state index in [9.17, 15) is 4.79 Å². The molecule has 1 atom stereocenters. The summed E-state index contributed by atoms with van der Waals surface area (Å²) in [5.74, 6) is 0.775. The Hall–Kier alpha value is -2.59. The van der Waals surface area contributed by atoms with Gasteiger partial charge in [-0.05, 0) is 49.1 Å². The highest BCUT2D eigenvalue weighted by Gasteiger charge is 2.58. The SMILES string of the molecule is Cc1ccc2[nH]c3c(c2c1)CC[NH2+][C@@]31C(=O)N(CCC(C)C)c2ccccc21. The maximum absolute atomic E-state index is 13.9. The molecule has 5 rings (SSSR count). The number of amides is 1. The number of nitrogens with two attached hydrogens (primary N) is 1. The predicted octanol–water partition coefficient (Wildman–Crippen LogP) is 3.23. The molecule has 2 aliphatic heterocycles. The highest BCUT2D eigenvalue weighted by atomic mass is 16.2. The van der Waals surface area contributed by atoms with Gasteiger partial charge in [-0.2, -0.15) is 0 Å². The molecule has 0 bridgehead atoms.